The fourth-order valence-corrected chi connectivity index (χ4v) is 3.58. The Kier molecular flexibility index (Phi) is 6.38. The van der Waals surface area contributed by atoms with Gasteiger partial charge in [0.2, 0.25) is 10.0 Å². The summed E-state index contributed by atoms with van der Waals surface area (Å²) >= 11 is 1.61. The van der Waals surface area contributed by atoms with Crippen LogP contribution in [-0.2, 0) is 23.2 Å². The van der Waals surface area contributed by atoms with Crippen LogP contribution >= 0.6 is 11.8 Å². The molecular formula is C12H22N2O3S2. The quantitative estimate of drug-likeness (QED) is 0.788. The number of aryl methyl sites for hydroxylation is 1. The Hall–Kier alpha value is -0.500. The van der Waals surface area contributed by atoms with Crippen molar-refractivity contribution in [3.8, 4) is 0 Å². The van der Waals surface area contributed by atoms with Gasteiger partial charge in [0.05, 0.1) is 6.61 Å². The summed E-state index contributed by atoms with van der Waals surface area (Å²) in [6.45, 7) is 3.06. The Bertz CT molecular complexity index is 497. The summed E-state index contributed by atoms with van der Waals surface area (Å²) in [5, 5.41) is 9.27. The minimum absolute atomic E-state index is 0.149. The third-order valence-corrected chi connectivity index (χ3v) is 5.32. The average molecular weight is 306 g/mol. The highest BCUT2D eigenvalue weighted by Crippen LogP contribution is 2.19. The minimum Gasteiger partial charge on any atom is -0.390 e. The summed E-state index contributed by atoms with van der Waals surface area (Å²) in [4.78, 5) is 0.258. The standard InChI is InChI=1S/C12H22N2O3S2/c1-4-5-14-9-12(8-11(14)10-15)19(16,17)13(2)6-7-18-3/h8-9,15H,4-7,10H2,1-3H3. The van der Waals surface area contributed by atoms with Gasteiger partial charge in [-0.15, -0.1) is 0 Å². The highest BCUT2D eigenvalue weighted by Gasteiger charge is 2.22. The van der Waals surface area contributed by atoms with Crippen LogP contribution in [-0.4, -0.2) is 48.0 Å². The predicted molar refractivity (Wildman–Crippen MR) is 78.8 cm³/mol. The molecule has 0 aromatic carbocycles. The molecule has 0 amide bonds. The van der Waals surface area contributed by atoms with Crippen LogP contribution in [0.2, 0.25) is 0 Å². The van der Waals surface area contributed by atoms with Crippen LogP contribution in [0.25, 0.3) is 0 Å². The van der Waals surface area contributed by atoms with E-state index in [0.29, 0.717) is 18.8 Å². The Balaban J connectivity index is 3.01. The highest BCUT2D eigenvalue weighted by atomic mass is 32.2. The van der Waals surface area contributed by atoms with E-state index >= 15 is 0 Å². The van der Waals surface area contributed by atoms with Crippen LogP contribution in [0.15, 0.2) is 17.2 Å². The molecule has 7 heteroatoms. The van der Waals surface area contributed by atoms with E-state index in [2.05, 4.69) is 0 Å². The monoisotopic (exact) mass is 306 g/mol. The first-order chi connectivity index (χ1) is 8.97. The van der Waals surface area contributed by atoms with Crippen LogP contribution in [0.5, 0.6) is 0 Å². The van der Waals surface area contributed by atoms with E-state index < -0.39 is 10.0 Å². The first-order valence-electron chi connectivity index (χ1n) is 6.22. The van der Waals surface area contributed by atoms with Gasteiger partial charge in [0.25, 0.3) is 0 Å². The summed E-state index contributed by atoms with van der Waals surface area (Å²) in [5.41, 5.74) is 0.638. The fraction of sp³-hybridized carbons (Fsp3) is 0.667. The van der Waals surface area contributed by atoms with Gasteiger partial charge >= 0.3 is 0 Å². The topological polar surface area (TPSA) is 62.5 Å². The van der Waals surface area contributed by atoms with E-state index in [9.17, 15) is 13.5 Å². The molecule has 0 saturated heterocycles. The van der Waals surface area contributed by atoms with E-state index in [4.69, 9.17) is 0 Å². The number of thioether (sulfide) groups is 1. The summed E-state index contributed by atoms with van der Waals surface area (Å²) < 4.78 is 27.8. The lowest BCUT2D eigenvalue weighted by Gasteiger charge is -2.15. The van der Waals surface area contributed by atoms with Gasteiger partial charge in [0.1, 0.15) is 4.90 Å². The lowest BCUT2D eigenvalue weighted by molar-refractivity contribution is 0.270. The molecule has 0 aliphatic carbocycles. The molecule has 110 valence electrons. The van der Waals surface area contributed by atoms with Crippen molar-refractivity contribution >= 4 is 21.8 Å². The number of hydrogen-bond donors (Lipinski definition) is 1. The Morgan fingerprint density at radius 2 is 2.16 bits per heavy atom. The molecule has 19 heavy (non-hydrogen) atoms. The van der Waals surface area contributed by atoms with Crippen molar-refractivity contribution < 1.29 is 13.5 Å². The van der Waals surface area contributed by atoms with Crippen molar-refractivity contribution in [2.24, 2.45) is 0 Å². The molecule has 1 N–H and O–H groups in total. The SMILES string of the molecule is CCCn1cc(S(=O)(=O)N(C)CCSC)cc1CO. The lowest BCUT2D eigenvalue weighted by atomic mass is 10.4. The van der Waals surface area contributed by atoms with E-state index in [-0.39, 0.29) is 11.5 Å². The molecular weight excluding hydrogens is 284 g/mol. The van der Waals surface area contributed by atoms with Crippen molar-refractivity contribution in [3.63, 3.8) is 0 Å². The largest absolute Gasteiger partial charge is 0.390 e. The third-order valence-electron chi connectivity index (χ3n) is 2.91. The summed E-state index contributed by atoms with van der Waals surface area (Å²) in [6.07, 6.45) is 4.45. The number of rotatable bonds is 8. The van der Waals surface area contributed by atoms with E-state index in [1.165, 1.54) is 4.31 Å². The van der Waals surface area contributed by atoms with Crippen LogP contribution in [0, 0.1) is 0 Å². The van der Waals surface area contributed by atoms with Gasteiger partial charge in [-0.05, 0) is 18.7 Å². The average Bonchev–Trinajstić information content (AvgIpc) is 2.80. The fourth-order valence-electron chi connectivity index (χ4n) is 1.77. The second-order valence-corrected chi connectivity index (χ2v) is 7.37. The van der Waals surface area contributed by atoms with Crippen molar-refractivity contribution in [1.82, 2.24) is 8.87 Å². The van der Waals surface area contributed by atoms with Crippen LogP contribution in [0.4, 0.5) is 0 Å². The smallest absolute Gasteiger partial charge is 0.244 e. The van der Waals surface area contributed by atoms with Gasteiger partial charge in [0.15, 0.2) is 0 Å². The number of nitrogens with zero attached hydrogens (tertiary/aromatic N) is 2. The van der Waals surface area contributed by atoms with Crippen molar-refractivity contribution in [2.45, 2.75) is 31.4 Å². The molecule has 5 nitrogen and oxygen atoms in total. The van der Waals surface area contributed by atoms with Crippen molar-refractivity contribution in [1.29, 1.82) is 0 Å². The molecule has 1 aromatic heterocycles. The van der Waals surface area contributed by atoms with Gasteiger partial charge in [-0.3, -0.25) is 0 Å². The first-order valence-corrected chi connectivity index (χ1v) is 9.06. The van der Waals surface area contributed by atoms with Gasteiger partial charge in [-0.1, -0.05) is 6.92 Å². The van der Waals surface area contributed by atoms with E-state index in [1.54, 1.807) is 35.6 Å². The molecule has 1 aromatic rings. The molecule has 0 fully saturated rings. The maximum atomic E-state index is 12.3. The van der Waals surface area contributed by atoms with Crippen molar-refractivity contribution in [2.75, 3.05) is 25.6 Å². The van der Waals surface area contributed by atoms with Crippen molar-refractivity contribution in [3.05, 3.63) is 18.0 Å². The maximum Gasteiger partial charge on any atom is 0.244 e. The molecule has 1 heterocycles. The lowest BCUT2D eigenvalue weighted by Crippen LogP contribution is -2.28. The van der Waals surface area contributed by atoms with Gasteiger partial charge in [0, 0.05) is 37.8 Å². The molecule has 0 atom stereocenters. The number of hydrogen-bond acceptors (Lipinski definition) is 4. The Morgan fingerprint density at radius 3 is 2.68 bits per heavy atom. The van der Waals surface area contributed by atoms with Crippen LogP contribution < -0.4 is 0 Å². The number of aromatic nitrogens is 1. The predicted octanol–water partition coefficient (Wildman–Crippen LogP) is 1.37. The Labute approximate surface area is 119 Å². The third kappa shape index (κ3) is 3.98. The van der Waals surface area contributed by atoms with Gasteiger partial charge < -0.3 is 9.67 Å². The van der Waals surface area contributed by atoms with Gasteiger partial charge in [-0.25, -0.2) is 12.7 Å². The number of aliphatic hydroxyl groups excluding tert-OH is 1. The second-order valence-electron chi connectivity index (χ2n) is 4.34. The van der Waals surface area contributed by atoms with Crippen LogP contribution in [0.3, 0.4) is 0 Å². The molecule has 0 radical (unpaired) electrons. The van der Waals surface area contributed by atoms with E-state index in [1.807, 2.05) is 13.2 Å². The van der Waals surface area contributed by atoms with Crippen LogP contribution in [0.1, 0.15) is 19.0 Å². The maximum absolute atomic E-state index is 12.3. The Morgan fingerprint density at radius 1 is 1.47 bits per heavy atom. The summed E-state index contributed by atoms with van der Waals surface area (Å²) in [6, 6.07) is 1.56. The van der Waals surface area contributed by atoms with E-state index in [0.717, 1.165) is 12.2 Å². The zero-order valence-electron chi connectivity index (χ0n) is 11.7. The molecule has 0 aliphatic heterocycles. The zero-order chi connectivity index (χ0) is 14.5. The summed E-state index contributed by atoms with van der Waals surface area (Å²) in [7, 11) is -1.87. The van der Waals surface area contributed by atoms with Gasteiger partial charge in [-0.2, -0.15) is 11.8 Å². The molecule has 0 aliphatic rings. The second kappa shape index (κ2) is 7.33. The summed E-state index contributed by atoms with van der Waals surface area (Å²) in [5.74, 6) is 0.762. The molecule has 0 saturated carbocycles. The number of aliphatic hydroxyl groups is 1. The molecule has 0 spiro atoms. The molecule has 1 rings (SSSR count). The minimum atomic E-state index is -3.45. The molecule has 0 bridgehead atoms. The molecule has 0 unspecified atom stereocenters. The zero-order valence-corrected chi connectivity index (χ0v) is 13.3. The first kappa shape index (κ1) is 16.6. The number of sulfonamides is 1. The normalized spacial score (nSPS) is 12.3. The highest BCUT2D eigenvalue weighted by molar-refractivity contribution is 7.98.